The second-order valence-electron chi connectivity index (χ2n) is 6.13. The van der Waals surface area contributed by atoms with Gasteiger partial charge in [-0.2, -0.15) is 0 Å². The van der Waals surface area contributed by atoms with E-state index in [1.807, 2.05) is 12.1 Å². The van der Waals surface area contributed by atoms with Gasteiger partial charge < -0.3 is 14.3 Å². The third-order valence-corrected chi connectivity index (χ3v) is 4.26. The molecule has 0 saturated carbocycles. The molecule has 0 aliphatic heterocycles. The molecule has 2 heterocycles. The molecule has 1 amide bonds. The maximum atomic E-state index is 12.4. The van der Waals surface area contributed by atoms with Crippen LogP contribution >= 0.6 is 11.6 Å². The summed E-state index contributed by atoms with van der Waals surface area (Å²) in [4.78, 5) is 12.4. The highest BCUT2D eigenvalue weighted by molar-refractivity contribution is 6.30. The molecule has 4 rings (SSSR count). The number of benzene rings is 2. The molecule has 0 bridgehead atoms. The van der Waals surface area contributed by atoms with Crippen LogP contribution in [0, 0.1) is 6.92 Å². The van der Waals surface area contributed by atoms with E-state index in [1.165, 1.54) is 0 Å². The number of hydrogen-bond donors (Lipinski definition) is 1. The fourth-order valence-corrected chi connectivity index (χ4v) is 2.74. The van der Waals surface area contributed by atoms with Gasteiger partial charge >= 0.3 is 0 Å². The van der Waals surface area contributed by atoms with Gasteiger partial charge in [-0.1, -0.05) is 28.9 Å². The molecule has 28 heavy (non-hydrogen) atoms. The SMILES string of the molecule is Cc1nnc(Cc2ccc(NC(=O)c3cc(-c4ccc(Cl)cc4)on3)cc2)o1. The summed E-state index contributed by atoms with van der Waals surface area (Å²) < 4.78 is 10.6. The van der Waals surface area contributed by atoms with Crippen molar-refractivity contribution < 1.29 is 13.7 Å². The Morgan fingerprint density at radius 1 is 1.07 bits per heavy atom. The fraction of sp³-hybridized carbons (Fsp3) is 0.100. The van der Waals surface area contributed by atoms with Crippen molar-refractivity contribution in [3.8, 4) is 11.3 Å². The third kappa shape index (κ3) is 4.10. The first-order chi connectivity index (χ1) is 13.6. The summed E-state index contributed by atoms with van der Waals surface area (Å²) in [5, 5.41) is 15.0. The van der Waals surface area contributed by atoms with Gasteiger partial charge in [-0.15, -0.1) is 10.2 Å². The lowest BCUT2D eigenvalue weighted by Crippen LogP contribution is -2.12. The number of aryl methyl sites for hydroxylation is 1. The molecule has 0 aliphatic carbocycles. The Labute approximate surface area is 165 Å². The number of carbonyl (C=O) groups excluding carboxylic acids is 1. The number of nitrogens with zero attached hydrogens (tertiary/aromatic N) is 3. The number of aromatic nitrogens is 3. The highest BCUT2D eigenvalue weighted by atomic mass is 35.5. The van der Waals surface area contributed by atoms with Crippen molar-refractivity contribution in [2.75, 3.05) is 5.32 Å². The Balaban J connectivity index is 1.41. The van der Waals surface area contributed by atoms with E-state index in [1.54, 1.807) is 49.4 Å². The van der Waals surface area contributed by atoms with Gasteiger partial charge in [0.15, 0.2) is 11.5 Å². The smallest absolute Gasteiger partial charge is 0.277 e. The van der Waals surface area contributed by atoms with Gasteiger partial charge in [-0.25, -0.2) is 0 Å². The Hall–Kier alpha value is -3.45. The Morgan fingerprint density at radius 3 is 2.50 bits per heavy atom. The van der Waals surface area contributed by atoms with E-state index < -0.39 is 0 Å². The minimum absolute atomic E-state index is 0.190. The van der Waals surface area contributed by atoms with E-state index >= 15 is 0 Å². The van der Waals surface area contributed by atoms with Crippen LogP contribution in [-0.2, 0) is 6.42 Å². The largest absolute Gasteiger partial charge is 0.425 e. The summed E-state index contributed by atoms with van der Waals surface area (Å²) in [6.45, 7) is 1.75. The molecule has 7 nitrogen and oxygen atoms in total. The Morgan fingerprint density at radius 2 is 1.82 bits per heavy atom. The van der Waals surface area contributed by atoms with Crippen molar-refractivity contribution in [2.24, 2.45) is 0 Å². The van der Waals surface area contributed by atoms with Crippen LogP contribution in [-0.4, -0.2) is 21.3 Å². The number of amides is 1. The average molecular weight is 395 g/mol. The molecule has 1 N–H and O–H groups in total. The number of anilines is 1. The Kier molecular flexibility index (Phi) is 4.90. The van der Waals surface area contributed by atoms with Gasteiger partial charge in [0.1, 0.15) is 0 Å². The molecule has 2 aromatic heterocycles. The summed E-state index contributed by atoms with van der Waals surface area (Å²) in [6.07, 6.45) is 0.531. The second-order valence-corrected chi connectivity index (χ2v) is 6.56. The topological polar surface area (TPSA) is 94.1 Å². The Bertz CT molecular complexity index is 1100. The van der Waals surface area contributed by atoms with Crippen molar-refractivity contribution in [1.82, 2.24) is 15.4 Å². The number of hydrogen-bond acceptors (Lipinski definition) is 6. The monoisotopic (exact) mass is 394 g/mol. The fourth-order valence-electron chi connectivity index (χ4n) is 2.62. The van der Waals surface area contributed by atoms with Crippen LogP contribution in [0.1, 0.15) is 27.8 Å². The molecule has 0 atom stereocenters. The second kappa shape index (κ2) is 7.66. The summed E-state index contributed by atoms with van der Waals surface area (Å²) in [6, 6.07) is 16.1. The van der Waals surface area contributed by atoms with Crippen LogP contribution in [0.5, 0.6) is 0 Å². The van der Waals surface area contributed by atoms with Gasteiger partial charge in [0, 0.05) is 29.3 Å². The van der Waals surface area contributed by atoms with Crippen LogP contribution in [0.2, 0.25) is 5.02 Å². The molecule has 0 unspecified atom stereocenters. The van der Waals surface area contributed by atoms with Crippen molar-refractivity contribution in [2.45, 2.75) is 13.3 Å². The first-order valence-electron chi connectivity index (χ1n) is 8.49. The van der Waals surface area contributed by atoms with E-state index in [4.69, 9.17) is 20.5 Å². The molecule has 0 fully saturated rings. The predicted molar refractivity (Wildman–Crippen MR) is 103 cm³/mol. The maximum absolute atomic E-state index is 12.4. The molecule has 0 saturated heterocycles. The number of halogens is 1. The highest BCUT2D eigenvalue weighted by Gasteiger charge is 2.14. The lowest BCUT2D eigenvalue weighted by atomic mass is 10.1. The van der Waals surface area contributed by atoms with E-state index in [0.717, 1.165) is 11.1 Å². The molecule has 0 spiro atoms. The summed E-state index contributed by atoms with van der Waals surface area (Å²) in [7, 11) is 0. The van der Waals surface area contributed by atoms with Crippen LogP contribution in [0.15, 0.2) is 63.5 Å². The lowest BCUT2D eigenvalue weighted by Gasteiger charge is -2.04. The predicted octanol–water partition coefficient (Wildman–Crippen LogP) is 4.53. The molecule has 0 radical (unpaired) electrons. The highest BCUT2D eigenvalue weighted by Crippen LogP contribution is 2.23. The van der Waals surface area contributed by atoms with Crippen LogP contribution in [0.4, 0.5) is 5.69 Å². The first-order valence-corrected chi connectivity index (χ1v) is 8.86. The van der Waals surface area contributed by atoms with Crippen molar-refractivity contribution in [1.29, 1.82) is 0 Å². The van der Waals surface area contributed by atoms with Crippen molar-refractivity contribution in [3.05, 3.63) is 82.7 Å². The minimum Gasteiger partial charge on any atom is -0.425 e. The van der Waals surface area contributed by atoms with Crippen molar-refractivity contribution >= 4 is 23.2 Å². The molecule has 0 aliphatic rings. The standard InChI is InChI=1S/C20H15ClN4O3/c1-12-23-24-19(27-12)10-13-2-8-16(9-3-13)22-20(26)17-11-18(28-25-17)14-4-6-15(21)7-5-14/h2-9,11H,10H2,1H3,(H,22,26). The van der Waals surface area contributed by atoms with Crippen LogP contribution in [0.25, 0.3) is 11.3 Å². The summed E-state index contributed by atoms with van der Waals surface area (Å²) in [5.41, 5.74) is 2.62. The number of nitrogens with one attached hydrogen (secondary N) is 1. The van der Waals surface area contributed by atoms with Crippen LogP contribution in [0.3, 0.4) is 0 Å². The average Bonchev–Trinajstić information content (AvgIpc) is 3.33. The van der Waals surface area contributed by atoms with E-state index in [-0.39, 0.29) is 11.6 Å². The van der Waals surface area contributed by atoms with Gasteiger partial charge in [0.25, 0.3) is 5.91 Å². The van der Waals surface area contributed by atoms with Gasteiger partial charge in [-0.05, 0) is 42.0 Å². The van der Waals surface area contributed by atoms with Gasteiger partial charge in [-0.3, -0.25) is 4.79 Å². The summed E-state index contributed by atoms with van der Waals surface area (Å²) >= 11 is 5.88. The number of rotatable bonds is 5. The number of carbonyl (C=O) groups is 1. The normalized spacial score (nSPS) is 10.8. The van der Waals surface area contributed by atoms with Gasteiger partial charge in [0.05, 0.1) is 6.42 Å². The van der Waals surface area contributed by atoms with E-state index in [2.05, 4.69) is 20.7 Å². The maximum Gasteiger partial charge on any atom is 0.277 e. The minimum atomic E-state index is -0.357. The zero-order valence-electron chi connectivity index (χ0n) is 14.8. The summed E-state index contributed by atoms with van der Waals surface area (Å²) in [5.74, 6) is 1.22. The van der Waals surface area contributed by atoms with Gasteiger partial charge in [0.2, 0.25) is 11.8 Å². The zero-order valence-corrected chi connectivity index (χ0v) is 15.6. The molecule has 140 valence electrons. The van der Waals surface area contributed by atoms with Crippen molar-refractivity contribution in [3.63, 3.8) is 0 Å². The van der Waals surface area contributed by atoms with E-state index in [9.17, 15) is 4.79 Å². The van der Waals surface area contributed by atoms with Crippen LogP contribution < -0.4 is 5.32 Å². The van der Waals surface area contributed by atoms with E-state index in [0.29, 0.717) is 34.7 Å². The first kappa shape index (κ1) is 17.9. The quantitative estimate of drug-likeness (QED) is 0.534. The molecular weight excluding hydrogens is 380 g/mol. The molecular formula is C20H15ClN4O3. The molecule has 8 heteroatoms. The molecule has 2 aromatic carbocycles. The zero-order chi connectivity index (χ0) is 19.5. The molecule has 4 aromatic rings. The third-order valence-electron chi connectivity index (χ3n) is 4.01. The lowest BCUT2D eigenvalue weighted by molar-refractivity contribution is 0.101.